The molecule has 2 aliphatic carbocycles. The first-order valence-electron chi connectivity index (χ1n) is 10.8. The summed E-state index contributed by atoms with van der Waals surface area (Å²) in [6, 6.07) is 2.97. The van der Waals surface area contributed by atoms with E-state index < -0.39 is 11.6 Å². The first-order valence-corrected chi connectivity index (χ1v) is 11.3. The van der Waals surface area contributed by atoms with Gasteiger partial charge < -0.3 is 4.74 Å². The Labute approximate surface area is 173 Å². The minimum absolute atomic E-state index is 0.0218. The Balaban J connectivity index is 1.43. The van der Waals surface area contributed by atoms with Crippen molar-refractivity contribution in [2.24, 2.45) is 23.7 Å². The van der Waals surface area contributed by atoms with E-state index in [1.807, 2.05) is 0 Å². The van der Waals surface area contributed by atoms with Crippen LogP contribution in [0.15, 0.2) is 23.7 Å². The van der Waals surface area contributed by atoms with Crippen molar-refractivity contribution in [3.05, 3.63) is 46.5 Å². The molecule has 2 saturated carbocycles. The third-order valence-electron chi connectivity index (χ3n) is 7.05. The van der Waals surface area contributed by atoms with E-state index in [4.69, 9.17) is 16.3 Å². The third-order valence-corrected chi connectivity index (χ3v) is 7.20. The fourth-order valence-electron chi connectivity index (χ4n) is 5.31. The number of allylic oxidation sites excluding steroid dienone is 1. The maximum Gasteiger partial charge on any atom is 0.131 e. The highest BCUT2D eigenvalue weighted by molar-refractivity contribution is 6.25. The van der Waals surface area contributed by atoms with E-state index >= 15 is 0 Å². The normalized spacial score (nSPS) is 28.7. The number of ether oxygens (including phenoxy) is 1. The van der Waals surface area contributed by atoms with Crippen LogP contribution in [0.5, 0.6) is 0 Å². The highest BCUT2D eigenvalue weighted by Gasteiger charge is 2.30. The van der Waals surface area contributed by atoms with Crippen molar-refractivity contribution in [1.29, 1.82) is 0 Å². The van der Waals surface area contributed by atoms with Gasteiger partial charge in [0.1, 0.15) is 11.6 Å². The molecule has 0 radical (unpaired) electrons. The van der Waals surface area contributed by atoms with E-state index in [1.54, 1.807) is 5.54 Å². The zero-order valence-corrected chi connectivity index (χ0v) is 17.7. The van der Waals surface area contributed by atoms with Gasteiger partial charge in [0.05, 0.1) is 6.61 Å². The Kier molecular flexibility index (Phi) is 8.35. The molecule has 1 aromatic rings. The summed E-state index contributed by atoms with van der Waals surface area (Å²) in [5.74, 6) is 2.16. The molecule has 3 rings (SSSR count). The fraction of sp³-hybridized carbons (Fsp3) is 0.667. The van der Waals surface area contributed by atoms with Gasteiger partial charge >= 0.3 is 0 Å². The molecule has 2 aliphatic rings. The fourth-order valence-corrected chi connectivity index (χ4v) is 5.52. The lowest BCUT2D eigenvalue weighted by Gasteiger charge is -2.37. The van der Waals surface area contributed by atoms with E-state index in [9.17, 15) is 8.78 Å². The van der Waals surface area contributed by atoms with Crippen LogP contribution in [0, 0.1) is 35.3 Å². The Hall–Kier alpha value is -0.930. The number of benzene rings is 1. The molecule has 156 valence electrons. The minimum atomic E-state index is -0.486. The molecule has 0 aromatic heterocycles. The van der Waals surface area contributed by atoms with Gasteiger partial charge in [0.2, 0.25) is 0 Å². The lowest BCUT2D eigenvalue weighted by Crippen LogP contribution is -2.25. The van der Waals surface area contributed by atoms with Crippen molar-refractivity contribution in [3.63, 3.8) is 0 Å². The van der Waals surface area contributed by atoms with Crippen molar-refractivity contribution >= 4 is 11.6 Å². The largest absolute Gasteiger partial charge is 0.380 e. The summed E-state index contributed by atoms with van der Waals surface area (Å²) < 4.78 is 33.0. The van der Waals surface area contributed by atoms with Gasteiger partial charge in [-0.3, -0.25) is 0 Å². The van der Waals surface area contributed by atoms with Crippen LogP contribution in [0.4, 0.5) is 8.78 Å². The van der Waals surface area contributed by atoms with Crippen LogP contribution in [0.2, 0.25) is 0 Å². The van der Waals surface area contributed by atoms with Gasteiger partial charge in [0, 0.05) is 18.2 Å². The zero-order chi connectivity index (χ0) is 19.9. The van der Waals surface area contributed by atoms with Crippen LogP contribution >= 0.6 is 11.6 Å². The lowest BCUT2D eigenvalue weighted by molar-refractivity contribution is 0.152. The SMILES string of the molecule is COCc1c(F)cc(CCC2CCC(C3CCC(C=CCl)CC3)CC2)cc1F. The van der Waals surface area contributed by atoms with E-state index in [0.29, 0.717) is 11.8 Å². The van der Waals surface area contributed by atoms with Crippen molar-refractivity contribution in [2.45, 2.75) is 70.8 Å². The van der Waals surface area contributed by atoms with E-state index in [2.05, 4.69) is 6.08 Å². The molecule has 0 spiro atoms. The van der Waals surface area contributed by atoms with Gasteiger partial charge in [0.25, 0.3) is 0 Å². The summed E-state index contributed by atoms with van der Waals surface area (Å²) in [5, 5.41) is 0. The summed E-state index contributed by atoms with van der Waals surface area (Å²) in [5.41, 5.74) is 2.48. The van der Waals surface area contributed by atoms with Gasteiger partial charge in [-0.1, -0.05) is 30.5 Å². The van der Waals surface area contributed by atoms with Gasteiger partial charge in [-0.2, -0.15) is 0 Å². The predicted molar refractivity (Wildman–Crippen MR) is 111 cm³/mol. The van der Waals surface area contributed by atoms with Gasteiger partial charge in [-0.15, -0.1) is 0 Å². The number of methoxy groups -OCH3 is 1. The topological polar surface area (TPSA) is 9.23 Å². The van der Waals surface area contributed by atoms with Gasteiger partial charge in [0.15, 0.2) is 0 Å². The van der Waals surface area contributed by atoms with Gasteiger partial charge in [-0.25, -0.2) is 8.78 Å². The maximum absolute atomic E-state index is 14.1. The molecular weight excluding hydrogens is 378 g/mol. The van der Waals surface area contributed by atoms with Crippen LogP contribution in [-0.2, 0) is 17.8 Å². The second kappa shape index (κ2) is 10.7. The smallest absolute Gasteiger partial charge is 0.131 e. The third kappa shape index (κ3) is 5.79. The lowest BCUT2D eigenvalue weighted by atomic mass is 9.68. The molecule has 2 fully saturated rings. The summed E-state index contributed by atoms with van der Waals surface area (Å²) in [6.07, 6.45) is 14.4. The molecule has 28 heavy (non-hydrogen) atoms. The average Bonchev–Trinajstić information content (AvgIpc) is 2.70. The Morgan fingerprint density at radius 3 is 2.07 bits per heavy atom. The summed E-state index contributed by atoms with van der Waals surface area (Å²) in [4.78, 5) is 0. The summed E-state index contributed by atoms with van der Waals surface area (Å²) in [7, 11) is 1.45. The number of rotatable bonds is 7. The Bertz CT molecular complexity index is 621. The summed E-state index contributed by atoms with van der Waals surface area (Å²) in [6.45, 7) is -0.0218. The van der Waals surface area contributed by atoms with Crippen LogP contribution in [-0.4, -0.2) is 7.11 Å². The number of hydrogen-bond acceptors (Lipinski definition) is 1. The second-order valence-electron chi connectivity index (χ2n) is 8.78. The van der Waals surface area contributed by atoms with Crippen molar-refractivity contribution in [3.8, 4) is 0 Å². The molecule has 0 heterocycles. The zero-order valence-electron chi connectivity index (χ0n) is 16.9. The molecule has 0 aliphatic heterocycles. The molecule has 0 amide bonds. The summed E-state index contributed by atoms with van der Waals surface area (Å²) >= 11 is 5.72. The standard InChI is InChI=1S/C24H33ClF2O/c1-28-16-22-23(26)14-19(15-24(22)27)3-2-17-4-8-20(9-5-17)21-10-6-18(7-11-21)12-13-25/h12-15,17-18,20-21H,2-11,16H2,1H3. The van der Waals surface area contributed by atoms with E-state index in [-0.39, 0.29) is 12.2 Å². The molecule has 1 aromatic carbocycles. The molecule has 0 N–H and O–H groups in total. The predicted octanol–water partition coefficient (Wildman–Crippen LogP) is 7.41. The highest BCUT2D eigenvalue weighted by atomic mass is 35.5. The van der Waals surface area contributed by atoms with Crippen LogP contribution in [0.3, 0.4) is 0 Å². The number of hydrogen-bond donors (Lipinski definition) is 0. The second-order valence-corrected chi connectivity index (χ2v) is 9.04. The number of aryl methyl sites for hydroxylation is 1. The molecule has 0 unspecified atom stereocenters. The number of halogens is 3. The van der Waals surface area contributed by atoms with Crippen LogP contribution in [0.25, 0.3) is 0 Å². The Morgan fingerprint density at radius 2 is 1.54 bits per heavy atom. The highest BCUT2D eigenvalue weighted by Crippen LogP contribution is 2.42. The maximum atomic E-state index is 14.1. The monoisotopic (exact) mass is 410 g/mol. The van der Waals surface area contributed by atoms with Crippen LogP contribution in [0.1, 0.15) is 68.9 Å². The molecule has 0 atom stereocenters. The first kappa shape index (κ1) is 21.8. The van der Waals surface area contributed by atoms with Crippen LogP contribution < -0.4 is 0 Å². The molecule has 1 nitrogen and oxygen atoms in total. The molecule has 0 bridgehead atoms. The molecule has 4 heteroatoms. The minimum Gasteiger partial charge on any atom is -0.380 e. The Morgan fingerprint density at radius 1 is 0.964 bits per heavy atom. The average molecular weight is 411 g/mol. The van der Waals surface area contributed by atoms with Crippen molar-refractivity contribution < 1.29 is 13.5 Å². The van der Waals surface area contributed by atoms with E-state index in [1.165, 1.54) is 70.6 Å². The molecule has 0 saturated heterocycles. The quantitative estimate of drug-likeness (QED) is 0.454. The van der Waals surface area contributed by atoms with Crippen molar-refractivity contribution in [2.75, 3.05) is 7.11 Å². The van der Waals surface area contributed by atoms with Gasteiger partial charge in [-0.05, 0) is 92.7 Å². The van der Waals surface area contributed by atoms with E-state index in [0.717, 1.165) is 30.2 Å². The first-order chi connectivity index (χ1) is 13.6. The van der Waals surface area contributed by atoms with Crippen molar-refractivity contribution in [1.82, 2.24) is 0 Å². The molecular formula is C24H33ClF2O.